The van der Waals surface area contributed by atoms with Crippen molar-refractivity contribution >= 4 is 5.97 Å². The van der Waals surface area contributed by atoms with Crippen LogP contribution in [0.2, 0.25) is 0 Å². The fourth-order valence-electron chi connectivity index (χ4n) is 1.42. The Morgan fingerprint density at radius 1 is 1.17 bits per heavy atom. The van der Waals surface area contributed by atoms with Gasteiger partial charge in [-0.2, -0.15) is 0 Å². The molecule has 0 aliphatic rings. The molecular formula is C13H18O5. The molecule has 0 aliphatic carbocycles. The van der Waals surface area contributed by atoms with Crippen molar-refractivity contribution in [2.24, 2.45) is 0 Å². The Morgan fingerprint density at radius 2 is 1.78 bits per heavy atom. The third kappa shape index (κ3) is 2.67. The maximum Gasteiger partial charge on any atom is 0.347 e. The van der Waals surface area contributed by atoms with Crippen LogP contribution in [0.5, 0.6) is 17.2 Å². The molecule has 0 heterocycles. The van der Waals surface area contributed by atoms with Crippen molar-refractivity contribution < 1.29 is 24.1 Å². The van der Waals surface area contributed by atoms with Crippen molar-refractivity contribution in [1.82, 2.24) is 0 Å². The van der Waals surface area contributed by atoms with Crippen LogP contribution in [0.25, 0.3) is 0 Å². The molecular weight excluding hydrogens is 236 g/mol. The van der Waals surface area contributed by atoms with Crippen LogP contribution < -0.4 is 14.2 Å². The first-order valence-corrected chi connectivity index (χ1v) is 5.47. The monoisotopic (exact) mass is 254 g/mol. The fourth-order valence-corrected chi connectivity index (χ4v) is 1.42. The normalized spacial score (nSPS) is 10.9. The second-order valence-electron chi connectivity index (χ2n) is 4.36. The molecule has 5 nitrogen and oxygen atoms in total. The predicted octanol–water partition coefficient (Wildman–Crippen LogP) is 2.25. The van der Waals surface area contributed by atoms with Gasteiger partial charge in [0.15, 0.2) is 17.1 Å². The smallest absolute Gasteiger partial charge is 0.347 e. The van der Waals surface area contributed by atoms with Gasteiger partial charge in [-0.3, -0.25) is 0 Å². The number of carboxylic acids is 1. The standard InChI is InChI=1S/C13H18O5/c1-8-6-7-9(16-4)11(17-5)10(8)18-13(2,3)12(14)15/h6-7H,1-5H3,(H,14,15). The lowest BCUT2D eigenvalue weighted by atomic mass is 10.1. The minimum absolute atomic E-state index is 0.379. The Balaban J connectivity index is 3.27. The molecule has 1 N–H and O–H groups in total. The zero-order valence-electron chi connectivity index (χ0n) is 11.2. The first-order chi connectivity index (χ1) is 8.33. The van der Waals surface area contributed by atoms with Gasteiger partial charge in [0.25, 0.3) is 0 Å². The number of carbonyl (C=O) groups is 1. The summed E-state index contributed by atoms with van der Waals surface area (Å²) in [5.74, 6) is 0.224. The van der Waals surface area contributed by atoms with Gasteiger partial charge in [-0.15, -0.1) is 0 Å². The fraction of sp³-hybridized carbons (Fsp3) is 0.462. The van der Waals surface area contributed by atoms with Crippen LogP contribution in [0.15, 0.2) is 12.1 Å². The number of hydrogen-bond acceptors (Lipinski definition) is 4. The van der Waals surface area contributed by atoms with Crippen LogP contribution in [0.4, 0.5) is 0 Å². The van der Waals surface area contributed by atoms with Crippen LogP contribution in [-0.2, 0) is 4.79 Å². The first kappa shape index (κ1) is 14.2. The zero-order valence-corrected chi connectivity index (χ0v) is 11.2. The summed E-state index contributed by atoms with van der Waals surface area (Å²) in [6, 6.07) is 3.53. The van der Waals surface area contributed by atoms with E-state index in [-0.39, 0.29) is 0 Å². The summed E-state index contributed by atoms with van der Waals surface area (Å²) < 4.78 is 15.9. The Labute approximate surface area is 106 Å². The van der Waals surface area contributed by atoms with Crippen LogP contribution in [0.1, 0.15) is 19.4 Å². The number of ether oxygens (including phenoxy) is 3. The number of hydrogen-bond donors (Lipinski definition) is 1. The molecule has 1 rings (SSSR count). The van der Waals surface area contributed by atoms with Gasteiger partial charge in [-0.05, 0) is 32.4 Å². The Morgan fingerprint density at radius 3 is 2.22 bits per heavy atom. The molecule has 0 aliphatic heterocycles. The summed E-state index contributed by atoms with van der Waals surface area (Å²) in [6.07, 6.45) is 0. The minimum Gasteiger partial charge on any atom is -0.493 e. The second kappa shape index (κ2) is 5.16. The average Bonchev–Trinajstić information content (AvgIpc) is 2.31. The number of benzene rings is 1. The SMILES string of the molecule is COc1ccc(C)c(OC(C)(C)C(=O)O)c1OC. The highest BCUT2D eigenvalue weighted by Crippen LogP contribution is 2.41. The van der Waals surface area contributed by atoms with E-state index in [1.165, 1.54) is 28.1 Å². The summed E-state index contributed by atoms with van der Waals surface area (Å²) in [6.45, 7) is 4.77. The van der Waals surface area contributed by atoms with E-state index in [1.54, 1.807) is 12.1 Å². The highest BCUT2D eigenvalue weighted by molar-refractivity contribution is 5.77. The van der Waals surface area contributed by atoms with Crippen LogP contribution in [0.3, 0.4) is 0 Å². The van der Waals surface area contributed by atoms with E-state index in [1.807, 2.05) is 6.92 Å². The first-order valence-electron chi connectivity index (χ1n) is 5.47. The van der Waals surface area contributed by atoms with Gasteiger partial charge < -0.3 is 19.3 Å². The van der Waals surface area contributed by atoms with Gasteiger partial charge in [0, 0.05) is 0 Å². The van der Waals surface area contributed by atoms with E-state index in [9.17, 15) is 4.79 Å². The van der Waals surface area contributed by atoms with Gasteiger partial charge in [-0.1, -0.05) is 6.07 Å². The number of methoxy groups -OCH3 is 2. The summed E-state index contributed by atoms with van der Waals surface area (Å²) in [5, 5.41) is 9.09. The van der Waals surface area contributed by atoms with Crippen molar-refractivity contribution in [3.8, 4) is 17.2 Å². The maximum absolute atomic E-state index is 11.1. The maximum atomic E-state index is 11.1. The van der Waals surface area contributed by atoms with Gasteiger partial charge in [-0.25, -0.2) is 4.79 Å². The lowest BCUT2D eigenvalue weighted by Gasteiger charge is -2.24. The molecule has 0 amide bonds. The lowest BCUT2D eigenvalue weighted by molar-refractivity contribution is -0.152. The molecule has 5 heteroatoms. The number of rotatable bonds is 5. The molecule has 0 unspecified atom stereocenters. The average molecular weight is 254 g/mol. The quantitative estimate of drug-likeness (QED) is 0.873. The van der Waals surface area contributed by atoms with Crippen molar-refractivity contribution in [3.63, 3.8) is 0 Å². The van der Waals surface area contributed by atoms with E-state index in [2.05, 4.69) is 0 Å². The Kier molecular flexibility index (Phi) is 4.06. The van der Waals surface area contributed by atoms with Crippen LogP contribution in [0, 0.1) is 6.92 Å². The van der Waals surface area contributed by atoms with Crippen molar-refractivity contribution in [1.29, 1.82) is 0 Å². The topological polar surface area (TPSA) is 65.0 Å². The molecule has 0 aromatic heterocycles. The number of carboxylic acid groups (broad SMARTS) is 1. The third-order valence-corrected chi connectivity index (χ3v) is 2.57. The summed E-state index contributed by atoms with van der Waals surface area (Å²) >= 11 is 0. The van der Waals surface area contributed by atoms with E-state index >= 15 is 0 Å². The van der Waals surface area contributed by atoms with Gasteiger partial charge >= 0.3 is 5.97 Å². The lowest BCUT2D eigenvalue weighted by Crippen LogP contribution is -2.38. The van der Waals surface area contributed by atoms with Crippen LogP contribution >= 0.6 is 0 Å². The van der Waals surface area contributed by atoms with Gasteiger partial charge in [0.05, 0.1) is 14.2 Å². The summed E-state index contributed by atoms with van der Waals surface area (Å²) in [4.78, 5) is 11.1. The van der Waals surface area contributed by atoms with E-state index in [0.29, 0.717) is 17.2 Å². The minimum atomic E-state index is -1.34. The molecule has 18 heavy (non-hydrogen) atoms. The number of aliphatic carboxylic acids is 1. The van der Waals surface area contributed by atoms with E-state index in [4.69, 9.17) is 19.3 Å². The molecule has 0 saturated carbocycles. The summed E-state index contributed by atoms with van der Waals surface area (Å²) in [5.41, 5.74) is -0.563. The van der Waals surface area contributed by atoms with Crippen molar-refractivity contribution in [3.05, 3.63) is 17.7 Å². The Bertz CT molecular complexity index is 451. The zero-order chi connectivity index (χ0) is 13.9. The highest BCUT2D eigenvalue weighted by atomic mass is 16.6. The molecule has 0 fully saturated rings. The van der Waals surface area contributed by atoms with E-state index < -0.39 is 11.6 Å². The molecule has 100 valence electrons. The van der Waals surface area contributed by atoms with Crippen LogP contribution in [-0.4, -0.2) is 30.9 Å². The molecule has 1 aromatic carbocycles. The van der Waals surface area contributed by atoms with Crippen molar-refractivity contribution in [2.45, 2.75) is 26.4 Å². The third-order valence-electron chi connectivity index (χ3n) is 2.57. The predicted molar refractivity (Wildman–Crippen MR) is 66.6 cm³/mol. The largest absolute Gasteiger partial charge is 0.493 e. The van der Waals surface area contributed by atoms with Crippen molar-refractivity contribution in [2.75, 3.05) is 14.2 Å². The highest BCUT2D eigenvalue weighted by Gasteiger charge is 2.32. The molecule has 1 aromatic rings. The van der Waals surface area contributed by atoms with Gasteiger partial charge in [0.2, 0.25) is 5.75 Å². The molecule has 0 spiro atoms. The molecule has 0 atom stereocenters. The Hall–Kier alpha value is -1.91. The molecule has 0 saturated heterocycles. The van der Waals surface area contributed by atoms with E-state index in [0.717, 1.165) is 5.56 Å². The molecule has 0 radical (unpaired) electrons. The molecule has 0 bridgehead atoms. The van der Waals surface area contributed by atoms with Gasteiger partial charge in [0.1, 0.15) is 0 Å². The number of aryl methyl sites for hydroxylation is 1. The summed E-state index contributed by atoms with van der Waals surface area (Å²) in [7, 11) is 3.00. The second-order valence-corrected chi connectivity index (χ2v) is 4.36.